The van der Waals surface area contributed by atoms with Crippen LogP contribution in [0.5, 0.6) is 0 Å². The number of nitrogen functional groups attached to an aromatic ring is 1. The van der Waals surface area contributed by atoms with Crippen molar-refractivity contribution in [3.63, 3.8) is 0 Å². The Morgan fingerprint density at radius 2 is 1.92 bits per heavy atom. The second-order valence-corrected chi connectivity index (χ2v) is 10.7. The Hall–Kier alpha value is -4.24. The number of nitrogens with two attached hydrogens (primary N) is 1. The molecule has 0 saturated carbocycles. The number of benzene rings is 1. The van der Waals surface area contributed by atoms with Crippen molar-refractivity contribution in [2.24, 2.45) is 5.92 Å². The van der Waals surface area contributed by atoms with Crippen molar-refractivity contribution in [1.82, 2.24) is 24.5 Å². The van der Waals surface area contributed by atoms with Gasteiger partial charge in [0.05, 0.1) is 42.2 Å². The summed E-state index contributed by atoms with van der Waals surface area (Å²) in [7, 11) is 0. The lowest BCUT2D eigenvalue weighted by atomic mass is 9.96. The van der Waals surface area contributed by atoms with Gasteiger partial charge in [0.1, 0.15) is 11.7 Å². The number of imidazole rings is 1. The van der Waals surface area contributed by atoms with E-state index in [1.165, 1.54) is 6.20 Å². The molecule has 5 rings (SSSR count). The molecular formula is C30H36N7O2+. The molecule has 0 saturated heterocycles. The molecule has 0 fully saturated rings. The number of carbonyl (C=O) groups is 1. The zero-order valence-electron chi connectivity index (χ0n) is 23.1. The van der Waals surface area contributed by atoms with Crippen molar-refractivity contribution in [3.8, 4) is 0 Å². The minimum Gasteiger partial charge on any atom is -0.394 e. The summed E-state index contributed by atoms with van der Waals surface area (Å²) in [6.45, 7) is 11.5. The molecule has 4 N–H and O–H groups in total. The fourth-order valence-corrected chi connectivity index (χ4v) is 5.18. The predicted octanol–water partition coefficient (Wildman–Crippen LogP) is 3.65. The molecule has 1 amide bonds. The minimum absolute atomic E-state index is 0.193. The summed E-state index contributed by atoms with van der Waals surface area (Å²) < 4.78 is 5.61. The highest BCUT2D eigenvalue weighted by atomic mass is 16.3. The van der Waals surface area contributed by atoms with E-state index in [9.17, 15) is 9.90 Å². The zero-order chi connectivity index (χ0) is 27.8. The van der Waals surface area contributed by atoms with Gasteiger partial charge in [-0.15, -0.1) is 0 Å². The van der Waals surface area contributed by atoms with Gasteiger partial charge >= 0.3 is 0 Å². The van der Waals surface area contributed by atoms with Gasteiger partial charge in [-0.25, -0.2) is 9.55 Å². The van der Waals surface area contributed by atoms with Gasteiger partial charge in [-0.2, -0.15) is 5.10 Å². The molecular weight excluding hydrogens is 490 g/mol. The van der Waals surface area contributed by atoms with Gasteiger partial charge < -0.3 is 14.8 Å². The quantitative estimate of drug-likeness (QED) is 0.267. The Labute approximate surface area is 227 Å². The van der Waals surface area contributed by atoms with E-state index in [0.717, 1.165) is 51.0 Å². The molecule has 1 unspecified atom stereocenters. The third-order valence-corrected chi connectivity index (χ3v) is 7.29. The van der Waals surface area contributed by atoms with Crippen LogP contribution in [0.2, 0.25) is 0 Å². The van der Waals surface area contributed by atoms with Gasteiger partial charge in [0.25, 0.3) is 11.7 Å². The standard InChI is InChI=1S/C30H35N7O2/c1-18(2)13-35-9-8-23-21(5)25(20(4)10-24(23)29(35)31)12-32-30(39)22-11-33-37(15-22)27(17-38)26-16-36-14-19(3)6-7-28(36)34-26/h6-11,14-16,18,27,31,38H,12-13,17H2,1-5H3,(H,32,39)/p+1. The van der Waals surface area contributed by atoms with E-state index in [1.54, 1.807) is 10.9 Å². The second kappa shape index (κ2) is 10.5. The molecule has 0 spiro atoms. The van der Waals surface area contributed by atoms with Crippen molar-refractivity contribution in [2.75, 3.05) is 12.3 Å². The largest absolute Gasteiger partial charge is 0.394 e. The molecule has 4 heterocycles. The summed E-state index contributed by atoms with van der Waals surface area (Å²) in [5.74, 6) is 1.02. The number of nitrogens with one attached hydrogen (secondary N) is 1. The first-order valence-electron chi connectivity index (χ1n) is 13.3. The predicted molar refractivity (Wildman–Crippen MR) is 151 cm³/mol. The topological polar surface area (TPSA) is 114 Å². The number of carbonyl (C=O) groups excluding carboxylic acids is 1. The number of amides is 1. The summed E-state index contributed by atoms with van der Waals surface area (Å²) >= 11 is 0. The number of anilines is 1. The lowest BCUT2D eigenvalue weighted by molar-refractivity contribution is -0.687. The summed E-state index contributed by atoms with van der Waals surface area (Å²) in [5.41, 5.74) is 12.8. The van der Waals surface area contributed by atoms with E-state index in [0.29, 0.717) is 23.7 Å². The van der Waals surface area contributed by atoms with E-state index in [1.807, 2.05) is 49.0 Å². The van der Waals surface area contributed by atoms with Gasteiger partial charge in [-0.1, -0.05) is 19.9 Å². The van der Waals surface area contributed by atoms with Crippen LogP contribution in [0, 0.1) is 26.7 Å². The lowest BCUT2D eigenvalue weighted by Crippen LogP contribution is -2.39. The van der Waals surface area contributed by atoms with Crippen LogP contribution in [0.15, 0.2) is 55.2 Å². The fraction of sp³-hybridized carbons (Fsp3) is 0.333. The van der Waals surface area contributed by atoms with Crippen LogP contribution in [-0.2, 0) is 13.1 Å². The average molecular weight is 527 g/mol. The highest BCUT2D eigenvalue weighted by Gasteiger charge is 2.20. The molecule has 9 nitrogen and oxygen atoms in total. The Kier molecular flexibility index (Phi) is 7.10. The van der Waals surface area contributed by atoms with Crippen LogP contribution in [0.25, 0.3) is 16.4 Å². The molecule has 0 radical (unpaired) electrons. The third-order valence-electron chi connectivity index (χ3n) is 7.29. The van der Waals surface area contributed by atoms with E-state index in [-0.39, 0.29) is 12.5 Å². The van der Waals surface area contributed by atoms with Crippen LogP contribution in [-0.4, -0.2) is 36.8 Å². The van der Waals surface area contributed by atoms with E-state index >= 15 is 0 Å². The second-order valence-electron chi connectivity index (χ2n) is 10.7. The van der Waals surface area contributed by atoms with Crippen LogP contribution >= 0.6 is 0 Å². The lowest BCUT2D eigenvalue weighted by Gasteiger charge is -2.15. The van der Waals surface area contributed by atoms with Crippen LogP contribution in [0.3, 0.4) is 0 Å². The average Bonchev–Trinajstić information content (AvgIpc) is 3.53. The summed E-state index contributed by atoms with van der Waals surface area (Å²) in [4.78, 5) is 17.7. The molecule has 9 heteroatoms. The van der Waals surface area contributed by atoms with E-state index in [2.05, 4.69) is 52.9 Å². The van der Waals surface area contributed by atoms with Crippen molar-refractivity contribution >= 4 is 28.1 Å². The smallest absolute Gasteiger partial charge is 0.280 e. The van der Waals surface area contributed by atoms with Gasteiger partial charge in [0.15, 0.2) is 0 Å². The first kappa shape index (κ1) is 26.4. The number of aliphatic hydroxyl groups excluding tert-OH is 1. The Morgan fingerprint density at radius 1 is 1.13 bits per heavy atom. The Balaban J connectivity index is 1.34. The minimum atomic E-state index is -0.499. The number of aryl methyl sites for hydroxylation is 3. The number of nitrogens with zero attached hydrogens (tertiary/aromatic N) is 5. The highest BCUT2D eigenvalue weighted by Crippen LogP contribution is 2.28. The molecule has 0 bridgehead atoms. The molecule has 0 aliphatic carbocycles. The fourth-order valence-electron chi connectivity index (χ4n) is 5.18. The first-order chi connectivity index (χ1) is 18.7. The van der Waals surface area contributed by atoms with Crippen LogP contribution in [0.1, 0.15) is 58.2 Å². The SMILES string of the molecule is Cc1ccc2nc(C(CO)n3cc(C(=O)NCc4c(C)cc5c(N)[n+](CC(C)C)ccc5c4C)cn3)cn2c1. The number of hydrogen-bond donors (Lipinski definition) is 3. The van der Waals surface area contributed by atoms with Gasteiger partial charge in [-0.05, 0) is 72.5 Å². The summed E-state index contributed by atoms with van der Waals surface area (Å²) in [6, 6.07) is 7.64. The number of rotatable bonds is 8. The molecule has 1 atom stereocenters. The normalized spacial score (nSPS) is 12.5. The molecule has 39 heavy (non-hydrogen) atoms. The number of pyridine rings is 2. The van der Waals surface area contributed by atoms with E-state index in [4.69, 9.17) is 5.73 Å². The van der Waals surface area contributed by atoms with Gasteiger partial charge in [-0.3, -0.25) is 15.2 Å². The van der Waals surface area contributed by atoms with E-state index < -0.39 is 6.04 Å². The molecule has 202 valence electrons. The summed E-state index contributed by atoms with van der Waals surface area (Å²) in [5, 5.41) is 19.6. The first-order valence-corrected chi connectivity index (χ1v) is 13.3. The Morgan fingerprint density at radius 3 is 2.67 bits per heavy atom. The number of fused-ring (bicyclic) bond motifs is 2. The monoisotopic (exact) mass is 526 g/mol. The van der Waals surface area contributed by atoms with Gasteiger partial charge in [0.2, 0.25) is 0 Å². The highest BCUT2D eigenvalue weighted by molar-refractivity contribution is 5.95. The van der Waals surface area contributed by atoms with Crippen molar-refractivity contribution in [1.29, 1.82) is 0 Å². The molecule has 1 aromatic carbocycles. The molecule has 0 aliphatic rings. The Bertz CT molecular complexity index is 1680. The van der Waals surface area contributed by atoms with Gasteiger partial charge in [0, 0.05) is 25.1 Å². The third kappa shape index (κ3) is 5.09. The van der Waals surface area contributed by atoms with Crippen molar-refractivity contribution in [2.45, 2.75) is 53.8 Å². The van der Waals surface area contributed by atoms with Crippen molar-refractivity contribution in [3.05, 3.63) is 88.8 Å². The molecule has 4 aromatic heterocycles. The molecule has 0 aliphatic heterocycles. The number of aliphatic hydroxyl groups is 1. The number of hydrogen-bond acceptors (Lipinski definition) is 5. The maximum Gasteiger partial charge on any atom is 0.280 e. The van der Waals surface area contributed by atoms with Crippen LogP contribution < -0.4 is 15.6 Å². The number of aromatic nitrogens is 5. The van der Waals surface area contributed by atoms with Crippen molar-refractivity contribution < 1.29 is 14.5 Å². The van der Waals surface area contributed by atoms with Crippen LogP contribution in [0.4, 0.5) is 5.82 Å². The maximum absolute atomic E-state index is 13.1. The summed E-state index contributed by atoms with van der Waals surface area (Å²) in [6.07, 6.45) is 9.08. The zero-order valence-corrected chi connectivity index (χ0v) is 23.1. The maximum atomic E-state index is 13.1. The molecule has 5 aromatic rings.